The van der Waals surface area contributed by atoms with Crippen LogP contribution in [0.5, 0.6) is 5.75 Å². The van der Waals surface area contributed by atoms with Crippen LogP contribution in [0.2, 0.25) is 5.02 Å². The van der Waals surface area contributed by atoms with Gasteiger partial charge in [-0.15, -0.1) is 0 Å². The van der Waals surface area contributed by atoms with Gasteiger partial charge in [0.05, 0.1) is 18.3 Å². The number of carboxylic acid groups (broad SMARTS) is 1. The summed E-state index contributed by atoms with van der Waals surface area (Å²) in [6.45, 7) is 0.118. The van der Waals surface area contributed by atoms with Crippen LogP contribution >= 0.6 is 23.4 Å². The fourth-order valence-electron chi connectivity index (χ4n) is 3.35. The number of rotatable bonds is 12. The molecular weight excluding hydrogens is 439 g/mol. The Kier molecular flexibility index (Phi) is 13.7. The molecule has 1 saturated carbocycles. The molecular formula is C21H30ClNaO6S. The number of aliphatic hydroxyl groups is 3. The normalized spacial score (nSPS) is 24.5. The number of halogens is 1. The Bertz CT molecular complexity index is 683. The van der Waals surface area contributed by atoms with E-state index in [-0.39, 0.29) is 55.2 Å². The molecule has 2 rings (SSSR count). The molecule has 0 spiro atoms. The van der Waals surface area contributed by atoms with Gasteiger partial charge in [-0.3, -0.25) is 4.79 Å². The number of hydrogen-bond donors (Lipinski definition) is 4. The quantitative estimate of drug-likeness (QED) is 0.198. The molecule has 1 aromatic carbocycles. The molecule has 164 valence electrons. The third-order valence-electron chi connectivity index (χ3n) is 4.83. The van der Waals surface area contributed by atoms with E-state index in [1.807, 2.05) is 12.2 Å². The van der Waals surface area contributed by atoms with E-state index >= 15 is 0 Å². The molecule has 1 aromatic rings. The number of ether oxygens (including phenoxy) is 1. The minimum atomic E-state index is -0.804. The van der Waals surface area contributed by atoms with E-state index in [4.69, 9.17) is 21.4 Å². The van der Waals surface area contributed by atoms with E-state index in [0.29, 0.717) is 42.2 Å². The van der Waals surface area contributed by atoms with E-state index < -0.39 is 24.3 Å². The van der Waals surface area contributed by atoms with E-state index in [0.717, 1.165) is 0 Å². The SMILES string of the molecule is O=C(O)CCC/C=C\C[C@@H]1[C@@H](SC[C@@H](O)COc2cccc(Cl)c2)[C@H](O)C[C@@H]1O.[H-].[Na+]. The Morgan fingerprint density at radius 1 is 1.33 bits per heavy atom. The van der Waals surface area contributed by atoms with Crippen LogP contribution in [0.3, 0.4) is 0 Å². The standard InChI is InChI=1S/C21H29ClO6S.Na.H/c22-14-6-5-7-16(10-14)28-12-15(23)13-29-21-17(18(24)11-19(21)25)8-3-1-2-4-9-20(26)27;;/h1,3,5-7,10,15,17-19,21,23-25H,2,4,8-9,11-13H2,(H,26,27);;/q;+1;-1/b3-1-;;/t15-,17-,18-,19+,21+;;/m0../s1. The largest absolute Gasteiger partial charge is 1.00 e. The second-order valence-electron chi connectivity index (χ2n) is 7.25. The number of benzene rings is 1. The Balaban J connectivity index is 0.00000450. The minimum Gasteiger partial charge on any atom is -1.00 e. The number of carbonyl (C=O) groups is 1. The van der Waals surface area contributed by atoms with Crippen LogP contribution in [0.25, 0.3) is 0 Å². The van der Waals surface area contributed by atoms with Gasteiger partial charge in [-0.2, -0.15) is 11.8 Å². The first-order valence-electron chi connectivity index (χ1n) is 9.77. The van der Waals surface area contributed by atoms with Gasteiger partial charge in [0.2, 0.25) is 0 Å². The molecule has 9 heteroatoms. The fourth-order valence-corrected chi connectivity index (χ4v) is 4.94. The summed E-state index contributed by atoms with van der Waals surface area (Å²) < 4.78 is 5.55. The van der Waals surface area contributed by atoms with Crippen molar-refractivity contribution in [2.75, 3.05) is 12.4 Å². The molecule has 5 atom stereocenters. The zero-order valence-corrected chi connectivity index (χ0v) is 20.8. The number of hydrogen-bond acceptors (Lipinski definition) is 6. The molecule has 0 aliphatic heterocycles. The first kappa shape index (κ1) is 27.8. The first-order valence-corrected chi connectivity index (χ1v) is 11.2. The molecule has 0 unspecified atom stereocenters. The van der Waals surface area contributed by atoms with E-state index in [1.165, 1.54) is 11.8 Å². The second kappa shape index (κ2) is 14.7. The van der Waals surface area contributed by atoms with Crippen LogP contribution in [0.15, 0.2) is 36.4 Å². The van der Waals surface area contributed by atoms with E-state index in [1.54, 1.807) is 24.3 Å². The number of thioether (sulfide) groups is 1. The summed E-state index contributed by atoms with van der Waals surface area (Å²) in [4.78, 5) is 10.5. The Morgan fingerprint density at radius 3 is 2.80 bits per heavy atom. The van der Waals surface area contributed by atoms with E-state index in [2.05, 4.69) is 0 Å². The average molecular weight is 469 g/mol. The van der Waals surface area contributed by atoms with Gasteiger partial charge < -0.3 is 26.6 Å². The third-order valence-corrected chi connectivity index (χ3v) is 6.70. The number of unbranched alkanes of at least 4 members (excludes halogenated alkanes) is 1. The smallest absolute Gasteiger partial charge is 1.00 e. The third kappa shape index (κ3) is 9.92. The fraction of sp³-hybridized carbons (Fsp3) is 0.571. The number of aliphatic hydroxyl groups excluding tert-OH is 3. The molecule has 0 aromatic heterocycles. The molecule has 1 aliphatic rings. The minimum absolute atomic E-state index is 0. The predicted octanol–water partition coefficient (Wildman–Crippen LogP) is 0.241. The van der Waals surface area contributed by atoms with Crippen molar-refractivity contribution in [1.82, 2.24) is 0 Å². The second-order valence-corrected chi connectivity index (χ2v) is 8.89. The number of allylic oxidation sites excluding steroid dienone is 2. The Morgan fingerprint density at radius 2 is 2.10 bits per heavy atom. The molecule has 1 fully saturated rings. The molecule has 0 radical (unpaired) electrons. The average Bonchev–Trinajstić information content (AvgIpc) is 2.93. The van der Waals surface area contributed by atoms with Crippen molar-refractivity contribution in [2.24, 2.45) is 5.92 Å². The van der Waals surface area contributed by atoms with Crippen molar-refractivity contribution in [3.63, 3.8) is 0 Å². The summed E-state index contributed by atoms with van der Waals surface area (Å²) in [5.41, 5.74) is 0. The molecule has 0 bridgehead atoms. The van der Waals surface area contributed by atoms with Gasteiger partial charge in [0.15, 0.2) is 0 Å². The maximum absolute atomic E-state index is 10.5. The topological polar surface area (TPSA) is 107 Å². The molecule has 30 heavy (non-hydrogen) atoms. The van der Waals surface area contributed by atoms with Crippen molar-refractivity contribution >= 4 is 29.3 Å². The van der Waals surface area contributed by atoms with Crippen molar-refractivity contribution in [3.8, 4) is 5.75 Å². The van der Waals surface area contributed by atoms with Gasteiger partial charge in [0, 0.05) is 34.8 Å². The zero-order valence-electron chi connectivity index (χ0n) is 18.2. The van der Waals surface area contributed by atoms with Crippen molar-refractivity contribution < 1.29 is 60.9 Å². The molecule has 0 saturated heterocycles. The van der Waals surface area contributed by atoms with Gasteiger partial charge in [0.1, 0.15) is 12.4 Å². The van der Waals surface area contributed by atoms with Crippen LogP contribution in [-0.4, -0.2) is 62.3 Å². The summed E-state index contributed by atoms with van der Waals surface area (Å²) >= 11 is 7.35. The maximum atomic E-state index is 10.5. The summed E-state index contributed by atoms with van der Waals surface area (Å²) in [5.74, 6) is 0.0612. The van der Waals surface area contributed by atoms with Gasteiger partial charge in [-0.05, 0) is 37.5 Å². The van der Waals surface area contributed by atoms with Gasteiger partial charge in [-0.25, -0.2) is 0 Å². The van der Waals surface area contributed by atoms with Crippen LogP contribution in [0.4, 0.5) is 0 Å². The summed E-state index contributed by atoms with van der Waals surface area (Å²) in [6, 6.07) is 6.96. The molecule has 6 nitrogen and oxygen atoms in total. The van der Waals surface area contributed by atoms with Crippen molar-refractivity contribution in [3.05, 3.63) is 41.4 Å². The Labute approximate surface area is 210 Å². The molecule has 1 aliphatic carbocycles. The van der Waals surface area contributed by atoms with Crippen LogP contribution in [0, 0.1) is 5.92 Å². The van der Waals surface area contributed by atoms with Crippen LogP contribution in [0.1, 0.15) is 33.5 Å². The number of carboxylic acids is 1. The van der Waals surface area contributed by atoms with Gasteiger partial charge in [-0.1, -0.05) is 29.8 Å². The Hall–Kier alpha value is -0.250. The number of aliphatic carboxylic acids is 1. The van der Waals surface area contributed by atoms with Crippen molar-refractivity contribution in [1.29, 1.82) is 0 Å². The van der Waals surface area contributed by atoms with Crippen LogP contribution in [-0.2, 0) is 4.79 Å². The molecule has 4 N–H and O–H groups in total. The predicted molar refractivity (Wildman–Crippen MR) is 116 cm³/mol. The maximum Gasteiger partial charge on any atom is 1.00 e. The first-order chi connectivity index (χ1) is 13.9. The summed E-state index contributed by atoms with van der Waals surface area (Å²) in [5, 5.41) is 39.8. The summed E-state index contributed by atoms with van der Waals surface area (Å²) in [6.07, 6.45) is 4.28. The zero-order chi connectivity index (χ0) is 21.2. The monoisotopic (exact) mass is 468 g/mol. The van der Waals surface area contributed by atoms with Crippen molar-refractivity contribution in [2.45, 2.75) is 55.7 Å². The van der Waals surface area contributed by atoms with Gasteiger partial charge >= 0.3 is 35.5 Å². The van der Waals surface area contributed by atoms with Gasteiger partial charge in [0.25, 0.3) is 0 Å². The van der Waals surface area contributed by atoms with Crippen LogP contribution < -0.4 is 34.3 Å². The summed E-state index contributed by atoms with van der Waals surface area (Å²) in [7, 11) is 0. The molecule has 0 amide bonds. The molecule has 0 heterocycles. The van der Waals surface area contributed by atoms with E-state index in [9.17, 15) is 20.1 Å².